The number of hydrogen-bond acceptors (Lipinski definition) is 4. The van der Waals surface area contributed by atoms with Crippen LogP contribution in [-0.2, 0) is 16.2 Å². The third-order valence-corrected chi connectivity index (χ3v) is 16.5. The molecule has 4 aliphatic rings. The van der Waals surface area contributed by atoms with Gasteiger partial charge in [-0.15, -0.1) is 0 Å². The van der Waals surface area contributed by atoms with Crippen LogP contribution < -0.4 is 21.1 Å². The van der Waals surface area contributed by atoms with E-state index in [4.69, 9.17) is 8.83 Å². The van der Waals surface area contributed by atoms with Crippen molar-refractivity contribution in [2.45, 2.75) is 56.8 Å². The average Bonchev–Trinajstić information content (AvgIpc) is 4.02. The van der Waals surface area contributed by atoms with Crippen LogP contribution in [0.3, 0.4) is 0 Å². The second-order valence-corrected chi connectivity index (χ2v) is 21.1. The molecule has 1 N–H and O–H groups in total. The molecule has 0 saturated heterocycles. The molecule has 0 amide bonds. The fourth-order valence-corrected chi connectivity index (χ4v) is 13.2. The topological polar surface area (TPSA) is 41.6 Å². The predicted molar refractivity (Wildman–Crippen MR) is 283 cm³/mol. The standard InChI is InChI=1S/C63H47BN2O2/c1-61(2)30-31-62(3,4)50-32-36(28-29-47(50)61)65-52-34-42-39-18-7-13-26-54(39)67-56(42)35-41(52)43-33-44-40-19-8-14-27-55(40)68-60(44)59-57(43)64-51-24-15-23-49-58(51)66(59)53-25-12-11-22-48(53)63(49)45-20-9-5-16-37(45)38-17-6-10-21-46(38)63/h5-29,32-35,64-65H,30-31H2,1-4H3. The fourth-order valence-electron chi connectivity index (χ4n) is 13.2. The van der Waals surface area contributed by atoms with Gasteiger partial charge in [-0.05, 0) is 128 Å². The molecule has 68 heavy (non-hydrogen) atoms. The Balaban J connectivity index is 1.03. The molecule has 4 heterocycles. The number of nitrogens with one attached hydrogen (secondary N) is 1. The van der Waals surface area contributed by atoms with Crippen LogP contribution in [0.15, 0.2) is 185 Å². The monoisotopic (exact) mass is 874 g/mol. The highest BCUT2D eigenvalue weighted by Crippen LogP contribution is 2.64. The van der Waals surface area contributed by atoms with E-state index >= 15 is 0 Å². The van der Waals surface area contributed by atoms with Crippen LogP contribution >= 0.6 is 0 Å². The minimum absolute atomic E-state index is 0.0702. The zero-order valence-electron chi connectivity index (χ0n) is 38.6. The first-order valence-electron chi connectivity index (χ1n) is 24.3. The van der Waals surface area contributed by atoms with Crippen LogP contribution in [0.25, 0.3) is 66.1 Å². The van der Waals surface area contributed by atoms with Crippen molar-refractivity contribution in [3.05, 3.63) is 209 Å². The largest absolute Gasteiger partial charge is 0.456 e. The first-order valence-corrected chi connectivity index (χ1v) is 24.3. The summed E-state index contributed by atoms with van der Waals surface area (Å²) in [4.78, 5) is 2.57. The molecule has 0 radical (unpaired) electrons. The SMILES string of the molecule is CC1(C)CCC(C)(C)c2cc(Nc3cc4c(cc3-c3cc5c(oc6ccccc65)c5c3Bc3cccc6c3N5c3ccccc3C63c5ccccc5-c5ccccc53)oc3ccccc34)ccc21. The highest BCUT2D eigenvalue weighted by atomic mass is 16.3. The highest BCUT2D eigenvalue weighted by molar-refractivity contribution is 6.74. The molecule has 2 aliphatic heterocycles. The van der Waals surface area contributed by atoms with E-state index in [0.717, 1.165) is 85.8 Å². The lowest BCUT2D eigenvalue weighted by molar-refractivity contribution is 0.332. The molecule has 11 aromatic rings. The van der Waals surface area contributed by atoms with Gasteiger partial charge in [-0.1, -0.05) is 161 Å². The number of rotatable bonds is 3. The van der Waals surface area contributed by atoms with Crippen LogP contribution in [-0.4, -0.2) is 7.28 Å². The molecule has 9 aromatic carbocycles. The third kappa shape index (κ3) is 4.91. The van der Waals surface area contributed by atoms with E-state index in [1.807, 2.05) is 0 Å². The summed E-state index contributed by atoms with van der Waals surface area (Å²) in [7, 11) is 0.721. The van der Waals surface area contributed by atoms with Gasteiger partial charge in [0.25, 0.3) is 0 Å². The van der Waals surface area contributed by atoms with E-state index < -0.39 is 5.41 Å². The Labute approximate surface area is 396 Å². The highest BCUT2D eigenvalue weighted by Gasteiger charge is 2.53. The molecule has 0 atom stereocenters. The van der Waals surface area contributed by atoms with Crippen LogP contribution in [0, 0.1) is 0 Å². The van der Waals surface area contributed by atoms with E-state index in [0.29, 0.717) is 0 Å². The molecule has 4 nitrogen and oxygen atoms in total. The summed E-state index contributed by atoms with van der Waals surface area (Å²) in [5.74, 6) is 0. The Morgan fingerprint density at radius 2 is 1.09 bits per heavy atom. The Hall–Kier alpha value is -7.76. The summed E-state index contributed by atoms with van der Waals surface area (Å²) in [5, 5.41) is 8.47. The lowest BCUT2D eigenvalue weighted by Crippen LogP contribution is -2.47. The van der Waals surface area contributed by atoms with E-state index in [2.05, 4.69) is 214 Å². The number of nitrogens with zero attached hydrogens (tertiary/aromatic N) is 1. The van der Waals surface area contributed by atoms with Crippen molar-refractivity contribution in [3.8, 4) is 22.3 Å². The quantitative estimate of drug-likeness (QED) is 0.180. The van der Waals surface area contributed by atoms with Crippen molar-refractivity contribution in [2.24, 2.45) is 0 Å². The summed E-state index contributed by atoms with van der Waals surface area (Å²) in [6, 6.07) is 65.4. The van der Waals surface area contributed by atoms with Crippen molar-refractivity contribution in [3.63, 3.8) is 0 Å². The van der Waals surface area contributed by atoms with Crippen molar-refractivity contribution >= 4 is 90.5 Å². The van der Waals surface area contributed by atoms with Gasteiger partial charge in [0.1, 0.15) is 16.7 Å². The molecule has 0 unspecified atom stereocenters. The second-order valence-electron chi connectivity index (χ2n) is 21.1. The Morgan fingerprint density at radius 3 is 1.85 bits per heavy atom. The molecule has 5 heteroatoms. The maximum absolute atomic E-state index is 7.15. The van der Waals surface area contributed by atoms with E-state index in [9.17, 15) is 0 Å². The number of hydrogen-bond donors (Lipinski definition) is 1. The Bertz CT molecular complexity index is 3970. The van der Waals surface area contributed by atoms with Crippen molar-refractivity contribution < 1.29 is 8.83 Å². The lowest BCUT2D eigenvalue weighted by Gasteiger charge is -2.48. The van der Waals surface area contributed by atoms with Crippen LogP contribution in [0.1, 0.15) is 73.9 Å². The second kappa shape index (κ2) is 13.2. The fraction of sp³-hybridized carbons (Fsp3) is 0.143. The van der Waals surface area contributed by atoms with Gasteiger partial charge in [0.2, 0.25) is 0 Å². The number of para-hydroxylation sites is 4. The van der Waals surface area contributed by atoms with Crippen molar-refractivity contribution in [1.29, 1.82) is 0 Å². The summed E-state index contributed by atoms with van der Waals surface area (Å²) in [5.41, 5.74) is 24.4. The predicted octanol–water partition coefficient (Wildman–Crippen LogP) is 15.1. The van der Waals surface area contributed by atoms with Crippen molar-refractivity contribution in [2.75, 3.05) is 10.2 Å². The molecule has 1 spiro atoms. The molecule has 0 bridgehead atoms. The van der Waals surface area contributed by atoms with Gasteiger partial charge in [-0.2, -0.15) is 0 Å². The molecule has 15 rings (SSSR count). The third-order valence-electron chi connectivity index (χ3n) is 16.5. The zero-order valence-corrected chi connectivity index (χ0v) is 38.6. The normalized spacial score (nSPS) is 16.3. The summed E-state index contributed by atoms with van der Waals surface area (Å²) >= 11 is 0. The lowest BCUT2D eigenvalue weighted by atomic mass is 9.54. The van der Waals surface area contributed by atoms with Gasteiger partial charge in [-0.3, -0.25) is 0 Å². The van der Waals surface area contributed by atoms with Gasteiger partial charge >= 0.3 is 0 Å². The molecule has 324 valence electrons. The Morgan fingerprint density at radius 1 is 0.456 bits per heavy atom. The van der Waals surface area contributed by atoms with E-state index in [1.54, 1.807) is 0 Å². The van der Waals surface area contributed by atoms with Crippen LogP contribution in [0.4, 0.5) is 28.4 Å². The summed E-state index contributed by atoms with van der Waals surface area (Å²) < 4.78 is 13.9. The molecule has 2 aromatic heterocycles. The minimum Gasteiger partial charge on any atom is -0.456 e. The summed E-state index contributed by atoms with van der Waals surface area (Å²) in [6.07, 6.45) is 2.33. The van der Waals surface area contributed by atoms with Crippen LogP contribution in [0.5, 0.6) is 0 Å². The number of fused-ring (bicyclic) bond motifs is 19. The molecule has 2 aliphatic carbocycles. The summed E-state index contributed by atoms with van der Waals surface area (Å²) in [6.45, 7) is 9.61. The first kappa shape index (κ1) is 38.4. The molecular formula is C63H47BN2O2. The first-order chi connectivity index (χ1) is 33.2. The van der Waals surface area contributed by atoms with Gasteiger partial charge in [0.05, 0.1) is 16.8 Å². The molecular weight excluding hydrogens is 828 g/mol. The number of furan rings is 2. The zero-order chi connectivity index (χ0) is 45.3. The maximum atomic E-state index is 7.15. The number of benzene rings is 9. The smallest absolute Gasteiger partial charge is 0.198 e. The minimum atomic E-state index is -0.504. The van der Waals surface area contributed by atoms with Gasteiger partial charge in [0, 0.05) is 44.2 Å². The van der Waals surface area contributed by atoms with Gasteiger partial charge < -0.3 is 19.1 Å². The molecule has 0 fully saturated rings. The molecule has 0 saturated carbocycles. The van der Waals surface area contributed by atoms with Gasteiger partial charge in [0.15, 0.2) is 12.9 Å². The van der Waals surface area contributed by atoms with Gasteiger partial charge in [-0.25, -0.2) is 0 Å². The van der Waals surface area contributed by atoms with Crippen molar-refractivity contribution in [1.82, 2.24) is 0 Å². The van der Waals surface area contributed by atoms with E-state index in [1.165, 1.54) is 73.2 Å². The number of anilines is 5. The Kier molecular flexibility index (Phi) is 7.46. The maximum Gasteiger partial charge on any atom is 0.198 e. The van der Waals surface area contributed by atoms with E-state index in [-0.39, 0.29) is 10.8 Å². The average molecular weight is 875 g/mol. The van der Waals surface area contributed by atoms with Crippen LogP contribution in [0.2, 0.25) is 0 Å².